The zero-order chi connectivity index (χ0) is 19.5. The largest absolute Gasteiger partial charge is 0.573 e. The van der Waals surface area contributed by atoms with Gasteiger partial charge in [0.25, 0.3) is 0 Å². The zero-order valence-electron chi connectivity index (χ0n) is 13.1. The molecule has 0 aliphatic carbocycles. The van der Waals surface area contributed by atoms with Gasteiger partial charge in [0.2, 0.25) is 0 Å². The maximum atomic E-state index is 14.1. The Morgan fingerprint density at radius 1 is 0.846 bits per heavy atom. The molecule has 0 aliphatic rings. The van der Waals surface area contributed by atoms with Crippen LogP contribution in [0.3, 0.4) is 0 Å². The van der Waals surface area contributed by atoms with Gasteiger partial charge >= 0.3 is 12.5 Å². The molecule has 0 fully saturated rings. The quantitative estimate of drug-likeness (QED) is 0.590. The van der Waals surface area contributed by atoms with E-state index in [1.165, 1.54) is 12.1 Å². The van der Waals surface area contributed by atoms with Gasteiger partial charge in [0.1, 0.15) is 11.6 Å². The van der Waals surface area contributed by atoms with Crippen LogP contribution in [-0.4, -0.2) is 6.36 Å². The molecule has 0 unspecified atom stereocenters. The van der Waals surface area contributed by atoms with E-state index in [0.717, 1.165) is 12.1 Å². The molecular weight excluding hydrogens is 369 g/mol. The summed E-state index contributed by atoms with van der Waals surface area (Å²) in [4.78, 5) is 0. The van der Waals surface area contributed by atoms with Crippen LogP contribution in [0.25, 0.3) is 6.08 Å². The van der Waals surface area contributed by atoms with Crippen molar-refractivity contribution in [3.05, 3.63) is 65.2 Å². The lowest BCUT2D eigenvalue weighted by atomic mass is 10.1. The number of ether oxygens (including phenoxy) is 2. The second-order valence-electron chi connectivity index (χ2n) is 5.00. The minimum absolute atomic E-state index is 0.279. The standard InChI is InChI=1S/C17H11F7O2/c1-2-3-10-4-6-12(13(18)8-10)16(20,21)25-11-5-7-15(14(19)9-11)26-17(22,23)24/h2-9H,1H3. The molecule has 0 N–H and O–H groups in total. The van der Waals surface area contributed by atoms with Gasteiger partial charge in [-0.15, -0.1) is 13.2 Å². The number of allylic oxidation sites excluding steroid dienone is 1. The highest BCUT2D eigenvalue weighted by Gasteiger charge is 2.38. The van der Waals surface area contributed by atoms with E-state index in [9.17, 15) is 30.7 Å². The van der Waals surface area contributed by atoms with E-state index in [4.69, 9.17) is 0 Å². The van der Waals surface area contributed by atoms with Crippen LogP contribution in [-0.2, 0) is 6.11 Å². The molecule has 0 aromatic heterocycles. The van der Waals surface area contributed by atoms with E-state index in [2.05, 4.69) is 9.47 Å². The lowest BCUT2D eigenvalue weighted by Gasteiger charge is -2.19. The third-order valence-corrected chi connectivity index (χ3v) is 3.04. The molecule has 0 bridgehead atoms. The Morgan fingerprint density at radius 3 is 2.08 bits per heavy atom. The summed E-state index contributed by atoms with van der Waals surface area (Å²) in [6, 6.07) is 4.26. The molecule has 0 radical (unpaired) electrons. The van der Waals surface area contributed by atoms with E-state index >= 15 is 0 Å². The van der Waals surface area contributed by atoms with Gasteiger partial charge in [-0.3, -0.25) is 0 Å². The Labute approximate surface area is 143 Å². The lowest BCUT2D eigenvalue weighted by Crippen LogP contribution is -2.23. The van der Waals surface area contributed by atoms with Crippen LogP contribution in [0.2, 0.25) is 0 Å². The molecule has 2 aromatic carbocycles. The summed E-state index contributed by atoms with van der Waals surface area (Å²) >= 11 is 0. The van der Waals surface area contributed by atoms with Crippen molar-refractivity contribution in [2.24, 2.45) is 0 Å². The minimum atomic E-state index is -5.15. The summed E-state index contributed by atoms with van der Waals surface area (Å²) < 4.78 is 99.5. The molecule has 26 heavy (non-hydrogen) atoms. The molecule has 0 saturated heterocycles. The Kier molecular flexibility index (Phi) is 5.48. The molecule has 0 aliphatic heterocycles. The van der Waals surface area contributed by atoms with Gasteiger partial charge in [-0.25, -0.2) is 8.78 Å². The molecule has 0 amide bonds. The van der Waals surface area contributed by atoms with E-state index in [1.54, 1.807) is 13.0 Å². The summed E-state index contributed by atoms with van der Waals surface area (Å²) in [5, 5.41) is 0. The molecule has 2 nitrogen and oxygen atoms in total. The first-order valence-electron chi connectivity index (χ1n) is 7.06. The average molecular weight is 380 g/mol. The van der Waals surface area contributed by atoms with Gasteiger partial charge in [-0.2, -0.15) is 8.78 Å². The molecule has 2 rings (SSSR count). The number of halogens is 7. The van der Waals surface area contributed by atoms with E-state index in [0.29, 0.717) is 17.7 Å². The highest BCUT2D eigenvalue weighted by molar-refractivity contribution is 5.50. The van der Waals surface area contributed by atoms with Gasteiger partial charge in [-0.1, -0.05) is 18.2 Å². The van der Waals surface area contributed by atoms with Gasteiger partial charge in [0, 0.05) is 6.07 Å². The molecular formula is C17H11F7O2. The van der Waals surface area contributed by atoms with Gasteiger partial charge in [0.15, 0.2) is 11.6 Å². The second-order valence-corrected chi connectivity index (χ2v) is 5.00. The molecule has 0 atom stereocenters. The van der Waals surface area contributed by atoms with Crippen LogP contribution in [0.5, 0.6) is 11.5 Å². The smallest absolute Gasteiger partial charge is 0.429 e. The van der Waals surface area contributed by atoms with Crippen molar-refractivity contribution in [2.45, 2.75) is 19.4 Å². The molecule has 2 aromatic rings. The van der Waals surface area contributed by atoms with E-state index < -0.39 is 41.2 Å². The van der Waals surface area contributed by atoms with Crippen molar-refractivity contribution >= 4 is 6.08 Å². The summed E-state index contributed by atoms with van der Waals surface area (Å²) in [5.41, 5.74) is -0.772. The monoisotopic (exact) mass is 380 g/mol. The summed E-state index contributed by atoms with van der Waals surface area (Å²) in [7, 11) is 0. The first-order valence-corrected chi connectivity index (χ1v) is 7.06. The number of benzene rings is 2. The number of alkyl halides is 5. The fraction of sp³-hybridized carbons (Fsp3) is 0.176. The van der Waals surface area contributed by atoms with Crippen LogP contribution < -0.4 is 9.47 Å². The van der Waals surface area contributed by atoms with Crippen LogP contribution in [0, 0.1) is 11.6 Å². The highest BCUT2D eigenvalue weighted by Crippen LogP contribution is 2.35. The van der Waals surface area contributed by atoms with Crippen molar-refractivity contribution < 1.29 is 40.2 Å². The first-order chi connectivity index (χ1) is 12.0. The second kappa shape index (κ2) is 7.27. The molecule has 9 heteroatoms. The van der Waals surface area contributed by atoms with Crippen molar-refractivity contribution in [1.29, 1.82) is 0 Å². The lowest BCUT2D eigenvalue weighted by molar-refractivity contribution is -0.275. The van der Waals surface area contributed by atoms with Gasteiger partial charge in [-0.05, 0) is 36.8 Å². The van der Waals surface area contributed by atoms with Gasteiger partial charge in [0.05, 0.1) is 5.56 Å². The van der Waals surface area contributed by atoms with Gasteiger partial charge < -0.3 is 9.47 Å². The Morgan fingerprint density at radius 2 is 1.54 bits per heavy atom. The SMILES string of the molecule is CC=Cc1ccc(C(F)(F)Oc2ccc(OC(F)(F)F)c(F)c2)c(F)c1. The topological polar surface area (TPSA) is 18.5 Å². The zero-order valence-corrected chi connectivity index (χ0v) is 13.1. The normalized spacial score (nSPS) is 12.5. The van der Waals surface area contributed by atoms with E-state index in [-0.39, 0.29) is 6.07 Å². The summed E-state index contributed by atoms with van der Waals surface area (Å²) in [6.45, 7) is 1.66. The van der Waals surface area contributed by atoms with Crippen LogP contribution >= 0.6 is 0 Å². The number of rotatable bonds is 5. The Balaban J connectivity index is 2.25. The number of hydrogen-bond donors (Lipinski definition) is 0. The maximum Gasteiger partial charge on any atom is 0.573 e. The Bertz CT molecular complexity index is 813. The maximum absolute atomic E-state index is 14.1. The van der Waals surface area contributed by atoms with Crippen molar-refractivity contribution in [3.8, 4) is 11.5 Å². The predicted molar refractivity (Wildman–Crippen MR) is 78.7 cm³/mol. The summed E-state index contributed by atoms with van der Waals surface area (Å²) in [6.07, 6.45) is -6.26. The third-order valence-electron chi connectivity index (χ3n) is 3.04. The van der Waals surface area contributed by atoms with E-state index in [1.807, 2.05) is 0 Å². The van der Waals surface area contributed by atoms with Crippen LogP contribution in [0.1, 0.15) is 18.1 Å². The van der Waals surface area contributed by atoms with Crippen LogP contribution in [0.15, 0.2) is 42.5 Å². The molecule has 0 saturated carbocycles. The third kappa shape index (κ3) is 4.90. The van der Waals surface area contributed by atoms with Crippen molar-refractivity contribution in [1.82, 2.24) is 0 Å². The van der Waals surface area contributed by atoms with Crippen molar-refractivity contribution in [3.63, 3.8) is 0 Å². The molecule has 0 spiro atoms. The van der Waals surface area contributed by atoms with Crippen molar-refractivity contribution in [2.75, 3.05) is 0 Å². The molecule has 0 heterocycles. The number of hydrogen-bond acceptors (Lipinski definition) is 2. The minimum Gasteiger partial charge on any atom is -0.429 e. The molecule has 140 valence electrons. The fourth-order valence-corrected chi connectivity index (χ4v) is 2.02. The van der Waals surface area contributed by atoms with Crippen LogP contribution in [0.4, 0.5) is 30.7 Å². The highest BCUT2D eigenvalue weighted by atomic mass is 19.4. The first kappa shape index (κ1) is 19.6. The predicted octanol–water partition coefficient (Wildman–Crippen LogP) is 6.02. The average Bonchev–Trinajstić information content (AvgIpc) is 2.48. The Hall–Kier alpha value is -2.71. The fourth-order valence-electron chi connectivity index (χ4n) is 2.02. The summed E-state index contributed by atoms with van der Waals surface area (Å²) in [5.74, 6) is -4.85.